The number of ether oxygens (including phenoxy) is 2. The van der Waals surface area contributed by atoms with Gasteiger partial charge in [-0.3, -0.25) is 0 Å². The fourth-order valence-corrected chi connectivity index (χ4v) is 3.87. The monoisotopic (exact) mass is 500 g/mol. The number of aromatic hydroxyl groups is 1. The van der Waals surface area contributed by atoms with Gasteiger partial charge in [-0.05, 0) is 61.3 Å². The zero-order chi connectivity index (χ0) is 26.7. The molecule has 0 radical (unpaired) electrons. The van der Waals surface area contributed by atoms with Crippen LogP contribution in [-0.2, 0) is 9.47 Å². The Labute approximate surface area is 212 Å². The number of halogens is 3. The van der Waals surface area contributed by atoms with Crippen LogP contribution in [0.3, 0.4) is 0 Å². The molecule has 1 saturated carbocycles. The second-order valence-corrected chi connectivity index (χ2v) is 8.63. The van der Waals surface area contributed by atoms with Gasteiger partial charge in [0.05, 0.1) is 19.8 Å². The molecule has 2 aromatic carbocycles. The Balaban J connectivity index is 0.00000106. The first-order valence-electron chi connectivity index (χ1n) is 12.0. The van der Waals surface area contributed by atoms with E-state index in [1.165, 1.54) is 19.2 Å². The molecule has 0 aromatic heterocycles. The number of phenols is 1. The van der Waals surface area contributed by atoms with Gasteiger partial charge in [-0.25, -0.2) is 13.2 Å². The van der Waals surface area contributed by atoms with Crippen LogP contribution >= 0.6 is 0 Å². The Hall–Kier alpha value is -3.25. The molecule has 194 valence electrons. The summed E-state index contributed by atoms with van der Waals surface area (Å²) in [4.78, 5) is 0. The van der Waals surface area contributed by atoms with E-state index in [1.54, 1.807) is 24.3 Å². The fourth-order valence-electron chi connectivity index (χ4n) is 3.87. The quantitative estimate of drug-likeness (QED) is 0.213. The molecule has 0 aliphatic heterocycles. The molecule has 0 atom stereocenters. The van der Waals surface area contributed by atoms with Gasteiger partial charge >= 0.3 is 0 Å². The third-order valence-electron chi connectivity index (χ3n) is 6.07. The molecule has 0 saturated heterocycles. The van der Waals surface area contributed by atoms with Crippen molar-refractivity contribution in [3.05, 3.63) is 103 Å². The molecule has 3 nitrogen and oxygen atoms in total. The summed E-state index contributed by atoms with van der Waals surface area (Å²) in [6.45, 7) is 12.8. The predicted molar refractivity (Wildman–Crippen MR) is 139 cm³/mol. The molecule has 2 aromatic rings. The molecule has 0 amide bonds. The zero-order valence-electron chi connectivity index (χ0n) is 21.0. The number of hydrogen-bond donors (Lipinski definition) is 1. The molecular formula is C30H35F3O3. The van der Waals surface area contributed by atoms with Gasteiger partial charge in [-0.2, -0.15) is 0 Å². The summed E-state index contributed by atoms with van der Waals surface area (Å²) in [5.41, 5.74) is 1.22. The minimum Gasteiger partial charge on any atom is -0.508 e. The molecule has 3 rings (SSSR count). The van der Waals surface area contributed by atoms with Gasteiger partial charge < -0.3 is 14.6 Å². The first-order valence-corrected chi connectivity index (χ1v) is 12.0. The number of methoxy groups -OCH3 is 1. The van der Waals surface area contributed by atoms with Crippen molar-refractivity contribution in [3.8, 4) is 16.9 Å². The van der Waals surface area contributed by atoms with Crippen molar-refractivity contribution in [3.63, 3.8) is 0 Å². The highest BCUT2D eigenvalue weighted by molar-refractivity contribution is 5.65. The van der Waals surface area contributed by atoms with Crippen LogP contribution in [0.25, 0.3) is 11.1 Å². The molecule has 0 heterocycles. The molecule has 1 aliphatic carbocycles. The Morgan fingerprint density at radius 1 is 1.03 bits per heavy atom. The molecule has 0 spiro atoms. The van der Waals surface area contributed by atoms with Crippen molar-refractivity contribution in [2.75, 3.05) is 13.7 Å². The van der Waals surface area contributed by atoms with E-state index in [1.807, 2.05) is 6.08 Å². The van der Waals surface area contributed by atoms with Crippen molar-refractivity contribution < 1.29 is 27.8 Å². The van der Waals surface area contributed by atoms with Crippen molar-refractivity contribution in [2.24, 2.45) is 0 Å². The number of benzene rings is 2. The van der Waals surface area contributed by atoms with E-state index in [9.17, 15) is 18.3 Å². The van der Waals surface area contributed by atoms with Crippen LogP contribution in [-0.4, -0.2) is 24.9 Å². The van der Waals surface area contributed by atoms with Crippen LogP contribution in [0.2, 0.25) is 0 Å². The van der Waals surface area contributed by atoms with Gasteiger partial charge in [-0.1, -0.05) is 50.4 Å². The van der Waals surface area contributed by atoms with E-state index >= 15 is 0 Å². The number of rotatable bonds is 9. The summed E-state index contributed by atoms with van der Waals surface area (Å²) < 4.78 is 54.2. The first-order chi connectivity index (χ1) is 17.2. The van der Waals surface area contributed by atoms with Gasteiger partial charge in [0.2, 0.25) is 0 Å². The lowest BCUT2D eigenvalue weighted by Gasteiger charge is -2.29. The first kappa shape index (κ1) is 29.0. The summed E-state index contributed by atoms with van der Waals surface area (Å²) in [6.07, 6.45) is 6.63. The highest BCUT2D eigenvalue weighted by Crippen LogP contribution is 2.38. The van der Waals surface area contributed by atoms with Crippen LogP contribution < -0.4 is 0 Å². The smallest absolute Gasteiger partial charge is 0.166 e. The maximum absolute atomic E-state index is 14.9. The van der Waals surface area contributed by atoms with Gasteiger partial charge in [-0.15, -0.1) is 6.58 Å². The van der Waals surface area contributed by atoms with Crippen molar-refractivity contribution in [1.82, 2.24) is 0 Å². The van der Waals surface area contributed by atoms with E-state index in [2.05, 4.69) is 26.7 Å². The normalized spacial score (nSPS) is 17.5. The Morgan fingerprint density at radius 3 is 2.19 bits per heavy atom. The molecule has 1 N–H and O–H groups in total. The molecule has 1 aliphatic rings. The van der Waals surface area contributed by atoms with E-state index < -0.39 is 17.5 Å². The van der Waals surface area contributed by atoms with Gasteiger partial charge in [0, 0.05) is 17.2 Å². The minimum atomic E-state index is -0.886. The average Bonchev–Trinajstić information content (AvgIpc) is 2.89. The van der Waals surface area contributed by atoms with Crippen LogP contribution in [0, 0.1) is 11.6 Å². The molecule has 0 unspecified atom stereocenters. The summed E-state index contributed by atoms with van der Waals surface area (Å²) in [7, 11) is 1.40. The Bertz CT molecular complexity index is 1070. The summed E-state index contributed by atoms with van der Waals surface area (Å²) in [6, 6.07) is 9.18. The lowest BCUT2D eigenvalue weighted by molar-refractivity contribution is 0.0382. The van der Waals surface area contributed by atoms with Gasteiger partial charge in [0.15, 0.2) is 11.6 Å². The topological polar surface area (TPSA) is 38.7 Å². The Morgan fingerprint density at radius 2 is 1.64 bits per heavy atom. The second-order valence-electron chi connectivity index (χ2n) is 8.63. The molecule has 36 heavy (non-hydrogen) atoms. The molecular weight excluding hydrogens is 465 g/mol. The van der Waals surface area contributed by atoms with E-state index in [-0.39, 0.29) is 41.3 Å². The van der Waals surface area contributed by atoms with Gasteiger partial charge in [0.1, 0.15) is 17.3 Å². The minimum absolute atomic E-state index is 0.0407. The molecule has 6 heteroatoms. The maximum Gasteiger partial charge on any atom is 0.166 e. The third kappa shape index (κ3) is 8.16. The summed E-state index contributed by atoms with van der Waals surface area (Å²) in [5, 5.41) is 9.39. The number of allylic oxidation sites excluding steroid dienone is 2. The van der Waals surface area contributed by atoms with Crippen molar-refractivity contribution >= 4 is 0 Å². The lowest BCUT2D eigenvalue weighted by atomic mass is 9.82. The Kier molecular flexibility index (Phi) is 11.5. The second kappa shape index (κ2) is 14.3. The predicted octanol–water partition coefficient (Wildman–Crippen LogP) is 8.53. The number of phenolic OH excluding ortho intramolecular Hbond substituents is 1. The lowest BCUT2D eigenvalue weighted by Crippen LogP contribution is -2.22. The van der Waals surface area contributed by atoms with Crippen molar-refractivity contribution in [2.45, 2.75) is 51.0 Å². The molecule has 1 fully saturated rings. The fraction of sp³-hybridized carbons (Fsp3) is 0.333. The highest BCUT2D eigenvalue weighted by Gasteiger charge is 2.27. The van der Waals surface area contributed by atoms with Gasteiger partial charge in [0.25, 0.3) is 0 Å². The standard InChI is InChI=1S/C26H27F3O3.C4H8/c1-16(24(27)14-17(2)31-3)15-32-21-10-6-19(7-11-21)23-13-12-22(25(28)26(23)29)18-4-8-20(30)9-5-18;1-3-4-2/h4-5,8-9,12-14,19,21,30H,1-2,6-7,10-11,15H2,3H3;3H,1,4H2,2H3/b24-14+;. The largest absolute Gasteiger partial charge is 0.508 e. The summed E-state index contributed by atoms with van der Waals surface area (Å²) >= 11 is 0. The van der Waals surface area contributed by atoms with Crippen molar-refractivity contribution in [1.29, 1.82) is 0 Å². The SMILES string of the molecule is C=C(/C=C(/F)C(=C)COC1CCC(c2ccc(-c3ccc(O)cc3)c(F)c2F)CC1)OC.C=CCC. The molecule has 0 bridgehead atoms. The third-order valence-corrected chi connectivity index (χ3v) is 6.07. The van der Waals surface area contributed by atoms with E-state index in [0.717, 1.165) is 12.5 Å². The van der Waals surface area contributed by atoms with Crippen LogP contribution in [0.4, 0.5) is 13.2 Å². The van der Waals surface area contributed by atoms with E-state index in [4.69, 9.17) is 9.47 Å². The van der Waals surface area contributed by atoms with E-state index in [0.29, 0.717) is 36.8 Å². The zero-order valence-corrected chi connectivity index (χ0v) is 21.0. The highest BCUT2D eigenvalue weighted by atomic mass is 19.2. The number of hydrogen-bond acceptors (Lipinski definition) is 3. The summed E-state index contributed by atoms with van der Waals surface area (Å²) in [5.74, 6) is -2.12. The van der Waals surface area contributed by atoms with Crippen LogP contribution in [0.5, 0.6) is 5.75 Å². The van der Waals surface area contributed by atoms with Crippen LogP contribution in [0.1, 0.15) is 50.5 Å². The maximum atomic E-state index is 14.9. The van der Waals surface area contributed by atoms with Crippen LogP contribution in [0.15, 0.2) is 85.4 Å². The average molecular weight is 501 g/mol.